The second kappa shape index (κ2) is 4.98. The van der Waals surface area contributed by atoms with E-state index in [9.17, 15) is 4.79 Å². The minimum atomic E-state index is -0.506. The van der Waals surface area contributed by atoms with Gasteiger partial charge in [-0.3, -0.25) is 0 Å². The van der Waals surface area contributed by atoms with Crippen LogP contribution in [0.3, 0.4) is 0 Å². The SMILES string of the molecule is Cc1ccc(C=C2N=C(c3cccc(Cl)c3)OC2=O)o1. The van der Waals surface area contributed by atoms with Crippen molar-refractivity contribution in [2.75, 3.05) is 0 Å². The fourth-order valence-electron chi connectivity index (χ4n) is 1.82. The quantitative estimate of drug-likeness (QED) is 0.626. The number of hydrogen-bond acceptors (Lipinski definition) is 4. The predicted octanol–water partition coefficient (Wildman–Crippen LogP) is 3.59. The first-order chi connectivity index (χ1) is 9.61. The summed E-state index contributed by atoms with van der Waals surface area (Å²) >= 11 is 5.90. The molecule has 100 valence electrons. The molecule has 2 heterocycles. The van der Waals surface area contributed by atoms with Crippen molar-refractivity contribution in [3.63, 3.8) is 0 Å². The third kappa shape index (κ3) is 2.51. The fourth-order valence-corrected chi connectivity index (χ4v) is 2.01. The molecule has 2 aromatic rings. The number of cyclic esters (lactones) is 1. The van der Waals surface area contributed by atoms with Gasteiger partial charge in [0.05, 0.1) is 0 Å². The van der Waals surface area contributed by atoms with Crippen LogP contribution < -0.4 is 0 Å². The topological polar surface area (TPSA) is 51.8 Å². The average molecular weight is 288 g/mol. The Labute approximate surface area is 120 Å². The van der Waals surface area contributed by atoms with Crippen molar-refractivity contribution in [3.8, 4) is 0 Å². The second-order valence-corrected chi connectivity index (χ2v) is 4.73. The van der Waals surface area contributed by atoms with Crippen LogP contribution in [0.4, 0.5) is 0 Å². The van der Waals surface area contributed by atoms with Gasteiger partial charge in [-0.05, 0) is 37.3 Å². The Balaban J connectivity index is 1.94. The van der Waals surface area contributed by atoms with E-state index in [1.807, 2.05) is 13.0 Å². The molecule has 0 aliphatic carbocycles. The fraction of sp³-hybridized carbons (Fsp3) is 0.0667. The summed E-state index contributed by atoms with van der Waals surface area (Å²) in [6.45, 7) is 1.83. The first-order valence-corrected chi connectivity index (χ1v) is 6.34. The van der Waals surface area contributed by atoms with Crippen molar-refractivity contribution >= 4 is 29.5 Å². The molecule has 0 atom stereocenters. The molecule has 1 aromatic carbocycles. The van der Waals surface area contributed by atoms with Gasteiger partial charge < -0.3 is 9.15 Å². The number of ether oxygens (including phenoxy) is 1. The number of halogens is 1. The lowest BCUT2D eigenvalue weighted by Crippen LogP contribution is -2.05. The Morgan fingerprint density at radius 1 is 1.25 bits per heavy atom. The van der Waals surface area contributed by atoms with Gasteiger partial charge in [0, 0.05) is 16.7 Å². The van der Waals surface area contributed by atoms with Gasteiger partial charge in [-0.2, -0.15) is 0 Å². The van der Waals surface area contributed by atoms with E-state index in [1.165, 1.54) is 0 Å². The highest BCUT2D eigenvalue weighted by Crippen LogP contribution is 2.21. The molecule has 1 aliphatic rings. The first-order valence-electron chi connectivity index (χ1n) is 5.97. The van der Waals surface area contributed by atoms with Crippen LogP contribution in [0.25, 0.3) is 6.08 Å². The summed E-state index contributed by atoms with van der Waals surface area (Å²) in [4.78, 5) is 15.9. The zero-order chi connectivity index (χ0) is 14.1. The molecule has 20 heavy (non-hydrogen) atoms. The normalized spacial score (nSPS) is 16.4. The molecule has 0 saturated heterocycles. The van der Waals surface area contributed by atoms with Crippen LogP contribution in [0.1, 0.15) is 17.1 Å². The van der Waals surface area contributed by atoms with E-state index < -0.39 is 5.97 Å². The summed E-state index contributed by atoms with van der Waals surface area (Å²) in [6, 6.07) is 10.6. The Bertz CT molecular complexity index is 743. The second-order valence-electron chi connectivity index (χ2n) is 4.29. The molecule has 0 saturated carbocycles. The van der Waals surface area contributed by atoms with Crippen molar-refractivity contribution in [2.45, 2.75) is 6.92 Å². The third-order valence-electron chi connectivity index (χ3n) is 2.73. The number of furan rings is 1. The molecule has 0 fully saturated rings. The van der Waals surface area contributed by atoms with E-state index in [1.54, 1.807) is 36.4 Å². The molecular weight excluding hydrogens is 278 g/mol. The molecule has 0 bridgehead atoms. The third-order valence-corrected chi connectivity index (χ3v) is 2.97. The van der Waals surface area contributed by atoms with Gasteiger partial charge in [-0.25, -0.2) is 9.79 Å². The van der Waals surface area contributed by atoms with Crippen molar-refractivity contribution in [1.82, 2.24) is 0 Å². The zero-order valence-electron chi connectivity index (χ0n) is 10.6. The largest absolute Gasteiger partial charge is 0.462 e. The monoisotopic (exact) mass is 287 g/mol. The maximum absolute atomic E-state index is 11.8. The van der Waals surface area contributed by atoms with E-state index in [0.717, 1.165) is 5.76 Å². The van der Waals surface area contributed by atoms with Crippen LogP contribution in [0.5, 0.6) is 0 Å². The van der Waals surface area contributed by atoms with Gasteiger partial charge in [-0.15, -0.1) is 0 Å². The molecule has 0 amide bonds. The van der Waals surface area contributed by atoms with Crippen LogP contribution in [0.15, 0.2) is 51.5 Å². The molecule has 0 unspecified atom stereocenters. The highest BCUT2D eigenvalue weighted by atomic mass is 35.5. The van der Waals surface area contributed by atoms with Crippen LogP contribution in [-0.4, -0.2) is 11.9 Å². The molecule has 1 aliphatic heterocycles. The molecule has 0 spiro atoms. The van der Waals surface area contributed by atoms with Crippen molar-refractivity contribution in [2.24, 2.45) is 4.99 Å². The predicted molar refractivity (Wildman–Crippen MR) is 75.5 cm³/mol. The Hall–Kier alpha value is -2.33. The maximum atomic E-state index is 11.8. The summed E-state index contributed by atoms with van der Waals surface area (Å²) in [5.41, 5.74) is 0.860. The van der Waals surface area contributed by atoms with E-state index in [-0.39, 0.29) is 11.6 Å². The maximum Gasteiger partial charge on any atom is 0.363 e. The summed E-state index contributed by atoms with van der Waals surface area (Å²) < 4.78 is 10.5. The van der Waals surface area contributed by atoms with E-state index in [0.29, 0.717) is 16.3 Å². The lowest BCUT2D eigenvalue weighted by molar-refractivity contribution is -0.129. The smallest absolute Gasteiger partial charge is 0.363 e. The zero-order valence-corrected chi connectivity index (χ0v) is 11.3. The van der Waals surface area contributed by atoms with Crippen LogP contribution in [0.2, 0.25) is 5.02 Å². The highest BCUT2D eigenvalue weighted by molar-refractivity contribution is 6.31. The minimum Gasteiger partial charge on any atom is -0.462 e. The van der Waals surface area contributed by atoms with Crippen molar-refractivity contribution in [3.05, 3.63) is 64.2 Å². The number of aryl methyl sites for hydroxylation is 1. The number of hydrogen-bond donors (Lipinski definition) is 0. The number of benzene rings is 1. The number of rotatable bonds is 2. The van der Waals surface area contributed by atoms with Crippen LogP contribution in [-0.2, 0) is 9.53 Å². The summed E-state index contributed by atoms with van der Waals surface area (Å²) in [5.74, 6) is 1.06. The molecular formula is C15H10ClNO3. The van der Waals surface area contributed by atoms with Gasteiger partial charge in [0.25, 0.3) is 0 Å². The van der Waals surface area contributed by atoms with Gasteiger partial charge >= 0.3 is 5.97 Å². The molecule has 3 rings (SSSR count). The van der Waals surface area contributed by atoms with Crippen molar-refractivity contribution < 1.29 is 13.9 Å². The molecule has 1 aromatic heterocycles. The van der Waals surface area contributed by atoms with Gasteiger partial charge in [-0.1, -0.05) is 17.7 Å². The summed E-state index contributed by atoms with van der Waals surface area (Å²) in [7, 11) is 0. The minimum absolute atomic E-state index is 0.203. The summed E-state index contributed by atoms with van der Waals surface area (Å²) in [6.07, 6.45) is 1.55. The standard InChI is InChI=1S/C15H10ClNO3/c1-9-5-6-12(19-9)8-13-15(18)20-14(17-13)10-3-2-4-11(16)7-10/h2-8H,1H3. The lowest BCUT2D eigenvalue weighted by Gasteiger charge is -1.98. The molecule has 5 heteroatoms. The first kappa shape index (κ1) is 12.7. The number of esters is 1. The van der Waals surface area contributed by atoms with Gasteiger partial charge in [0.2, 0.25) is 5.90 Å². The summed E-state index contributed by atoms with van der Waals surface area (Å²) in [5, 5.41) is 0.556. The highest BCUT2D eigenvalue weighted by Gasteiger charge is 2.24. The number of nitrogens with zero attached hydrogens (tertiary/aromatic N) is 1. The van der Waals surface area contributed by atoms with Gasteiger partial charge in [0.1, 0.15) is 11.5 Å². The van der Waals surface area contributed by atoms with Crippen LogP contribution in [0, 0.1) is 6.92 Å². The number of carbonyl (C=O) groups excluding carboxylic acids is 1. The number of carbonyl (C=O) groups is 1. The van der Waals surface area contributed by atoms with Crippen molar-refractivity contribution in [1.29, 1.82) is 0 Å². The molecule has 0 N–H and O–H groups in total. The van der Waals surface area contributed by atoms with E-state index >= 15 is 0 Å². The van der Waals surface area contributed by atoms with Gasteiger partial charge in [0.15, 0.2) is 5.70 Å². The van der Waals surface area contributed by atoms with E-state index in [4.69, 9.17) is 20.8 Å². The Morgan fingerprint density at radius 3 is 2.80 bits per heavy atom. The Kier molecular flexibility index (Phi) is 3.16. The molecule has 4 nitrogen and oxygen atoms in total. The lowest BCUT2D eigenvalue weighted by atomic mass is 10.2. The Morgan fingerprint density at radius 2 is 2.10 bits per heavy atom. The average Bonchev–Trinajstić information content (AvgIpc) is 2.97. The van der Waals surface area contributed by atoms with Crippen LogP contribution >= 0.6 is 11.6 Å². The number of aliphatic imine (C=N–C) groups is 1. The van der Waals surface area contributed by atoms with E-state index in [2.05, 4.69) is 4.99 Å². The molecule has 0 radical (unpaired) electrons.